The molecule has 0 aliphatic heterocycles. The lowest BCUT2D eigenvalue weighted by atomic mass is 9.77. The Hall–Kier alpha value is -1.83. The van der Waals surface area contributed by atoms with Crippen molar-refractivity contribution in [1.29, 1.82) is 5.26 Å². The molecular formula is C14H16N2O2. The standard InChI is InChI=1S/C14H16N2O2/c1-9-11(8-15)13(16)10-6-4-5-7-12(10)14(9,17-2)18-3/h4-7,9H,16H2,1-3H3. The van der Waals surface area contributed by atoms with Crippen molar-refractivity contribution in [3.05, 3.63) is 41.0 Å². The number of nitriles is 1. The highest BCUT2D eigenvalue weighted by Gasteiger charge is 2.46. The molecule has 0 heterocycles. The molecule has 4 heteroatoms. The summed E-state index contributed by atoms with van der Waals surface area (Å²) in [5.41, 5.74) is 8.73. The van der Waals surface area contributed by atoms with Gasteiger partial charge in [0.25, 0.3) is 0 Å². The molecule has 1 aliphatic carbocycles. The molecule has 1 unspecified atom stereocenters. The zero-order chi connectivity index (χ0) is 13.3. The minimum atomic E-state index is -0.954. The van der Waals surface area contributed by atoms with Gasteiger partial charge in [0, 0.05) is 25.3 Å². The monoisotopic (exact) mass is 244 g/mol. The van der Waals surface area contributed by atoms with Crippen LogP contribution in [0.2, 0.25) is 0 Å². The second kappa shape index (κ2) is 4.45. The molecule has 4 nitrogen and oxygen atoms in total. The van der Waals surface area contributed by atoms with E-state index < -0.39 is 5.79 Å². The molecule has 0 saturated carbocycles. The van der Waals surface area contributed by atoms with E-state index in [9.17, 15) is 5.26 Å². The summed E-state index contributed by atoms with van der Waals surface area (Å²) in [5, 5.41) is 9.28. The summed E-state index contributed by atoms with van der Waals surface area (Å²) in [6, 6.07) is 9.74. The van der Waals surface area contributed by atoms with Crippen molar-refractivity contribution in [1.82, 2.24) is 0 Å². The summed E-state index contributed by atoms with van der Waals surface area (Å²) in [4.78, 5) is 0. The van der Waals surface area contributed by atoms with Crippen molar-refractivity contribution in [2.24, 2.45) is 11.7 Å². The van der Waals surface area contributed by atoms with Crippen LogP contribution >= 0.6 is 0 Å². The molecule has 1 aromatic carbocycles. The average Bonchev–Trinajstić information content (AvgIpc) is 2.41. The Morgan fingerprint density at radius 3 is 2.44 bits per heavy atom. The molecule has 1 aliphatic rings. The van der Waals surface area contributed by atoms with E-state index in [-0.39, 0.29) is 5.92 Å². The predicted octanol–water partition coefficient (Wildman–Crippen LogP) is 1.98. The van der Waals surface area contributed by atoms with Crippen LogP contribution < -0.4 is 5.73 Å². The van der Waals surface area contributed by atoms with Gasteiger partial charge in [0.05, 0.1) is 23.3 Å². The van der Waals surface area contributed by atoms with E-state index in [0.717, 1.165) is 11.1 Å². The van der Waals surface area contributed by atoms with Crippen molar-refractivity contribution in [2.45, 2.75) is 12.7 Å². The normalized spacial score (nSPS) is 21.3. The van der Waals surface area contributed by atoms with Gasteiger partial charge < -0.3 is 15.2 Å². The molecule has 0 spiro atoms. The maximum atomic E-state index is 9.28. The first-order valence-corrected chi connectivity index (χ1v) is 5.72. The Labute approximate surface area is 107 Å². The number of rotatable bonds is 2. The van der Waals surface area contributed by atoms with Gasteiger partial charge in [-0.15, -0.1) is 0 Å². The summed E-state index contributed by atoms with van der Waals surface area (Å²) in [7, 11) is 3.15. The second-order valence-corrected chi connectivity index (χ2v) is 4.28. The van der Waals surface area contributed by atoms with E-state index in [2.05, 4.69) is 6.07 Å². The molecule has 2 rings (SSSR count). The largest absolute Gasteiger partial charge is 0.397 e. The maximum Gasteiger partial charge on any atom is 0.202 e. The lowest BCUT2D eigenvalue weighted by molar-refractivity contribution is -0.239. The number of methoxy groups -OCH3 is 2. The zero-order valence-corrected chi connectivity index (χ0v) is 10.7. The zero-order valence-electron chi connectivity index (χ0n) is 10.7. The number of benzene rings is 1. The fourth-order valence-corrected chi connectivity index (χ4v) is 2.64. The van der Waals surface area contributed by atoms with Crippen LogP contribution in [0.25, 0.3) is 5.70 Å². The summed E-state index contributed by atoms with van der Waals surface area (Å²) >= 11 is 0. The Morgan fingerprint density at radius 2 is 1.89 bits per heavy atom. The first-order valence-electron chi connectivity index (χ1n) is 5.72. The van der Waals surface area contributed by atoms with Crippen molar-refractivity contribution < 1.29 is 9.47 Å². The van der Waals surface area contributed by atoms with E-state index in [1.54, 1.807) is 14.2 Å². The molecule has 0 aromatic heterocycles. The number of hydrogen-bond donors (Lipinski definition) is 1. The molecule has 1 aromatic rings. The van der Waals surface area contributed by atoms with Crippen LogP contribution in [0.4, 0.5) is 0 Å². The van der Waals surface area contributed by atoms with Crippen molar-refractivity contribution >= 4 is 5.70 Å². The second-order valence-electron chi connectivity index (χ2n) is 4.28. The van der Waals surface area contributed by atoms with E-state index in [1.165, 1.54) is 0 Å². The Bertz CT molecular complexity index is 539. The average molecular weight is 244 g/mol. The first-order chi connectivity index (χ1) is 8.62. The number of ether oxygens (including phenoxy) is 2. The lowest BCUT2D eigenvalue weighted by Crippen LogP contribution is -2.42. The number of nitrogens with two attached hydrogens (primary N) is 1. The molecule has 0 bridgehead atoms. The third-order valence-corrected chi connectivity index (χ3v) is 3.61. The minimum absolute atomic E-state index is 0.257. The minimum Gasteiger partial charge on any atom is -0.397 e. The van der Waals surface area contributed by atoms with Crippen LogP contribution in [0.5, 0.6) is 0 Å². The highest BCUT2D eigenvalue weighted by Crippen LogP contribution is 2.45. The predicted molar refractivity (Wildman–Crippen MR) is 68.0 cm³/mol. The van der Waals surface area contributed by atoms with Gasteiger partial charge in [-0.25, -0.2) is 0 Å². The lowest BCUT2D eigenvalue weighted by Gasteiger charge is -2.41. The molecule has 0 saturated heterocycles. The third kappa shape index (κ3) is 1.45. The number of nitrogens with zero attached hydrogens (tertiary/aromatic N) is 1. The Kier molecular flexibility index (Phi) is 3.12. The van der Waals surface area contributed by atoms with Gasteiger partial charge in [-0.05, 0) is 0 Å². The number of hydrogen-bond acceptors (Lipinski definition) is 4. The smallest absolute Gasteiger partial charge is 0.202 e. The van der Waals surface area contributed by atoms with Crippen molar-refractivity contribution in [2.75, 3.05) is 14.2 Å². The fourth-order valence-electron chi connectivity index (χ4n) is 2.64. The van der Waals surface area contributed by atoms with Crippen molar-refractivity contribution in [3.63, 3.8) is 0 Å². The van der Waals surface area contributed by atoms with Crippen LogP contribution in [0.15, 0.2) is 29.8 Å². The number of fused-ring (bicyclic) bond motifs is 1. The van der Waals surface area contributed by atoms with Crippen LogP contribution in [-0.2, 0) is 15.3 Å². The van der Waals surface area contributed by atoms with Gasteiger partial charge in [0.2, 0.25) is 5.79 Å². The van der Waals surface area contributed by atoms with E-state index in [4.69, 9.17) is 15.2 Å². The molecule has 2 N–H and O–H groups in total. The van der Waals surface area contributed by atoms with Crippen molar-refractivity contribution in [3.8, 4) is 6.07 Å². The summed E-state index contributed by atoms with van der Waals surface area (Å²) in [5.74, 6) is -1.21. The van der Waals surface area contributed by atoms with E-state index in [1.807, 2.05) is 31.2 Å². The molecule has 1 atom stereocenters. The highest BCUT2D eigenvalue weighted by atomic mass is 16.7. The third-order valence-electron chi connectivity index (χ3n) is 3.61. The van der Waals surface area contributed by atoms with Gasteiger partial charge in [-0.3, -0.25) is 0 Å². The first kappa shape index (κ1) is 12.6. The topological polar surface area (TPSA) is 68.3 Å². The van der Waals surface area contributed by atoms with Crippen LogP contribution in [0, 0.1) is 17.2 Å². The SMILES string of the molecule is COC1(OC)c2ccccc2C(N)=C(C#N)C1C. The van der Waals surface area contributed by atoms with Gasteiger partial charge in [-0.2, -0.15) is 5.26 Å². The van der Waals surface area contributed by atoms with Gasteiger partial charge >= 0.3 is 0 Å². The van der Waals surface area contributed by atoms with Gasteiger partial charge in [-0.1, -0.05) is 31.2 Å². The summed E-state index contributed by atoms with van der Waals surface area (Å²) in [6.45, 7) is 1.88. The van der Waals surface area contributed by atoms with Gasteiger partial charge in [0.1, 0.15) is 0 Å². The van der Waals surface area contributed by atoms with E-state index in [0.29, 0.717) is 11.3 Å². The molecule has 18 heavy (non-hydrogen) atoms. The van der Waals surface area contributed by atoms with Crippen LogP contribution in [-0.4, -0.2) is 14.2 Å². The van der Waals surface area contributed by atoms with Crippen LogP contribution in [0.1, 0.15) is 18.1 Å². The fraction of sp³-hybridized carbons (Fsp3) is 0.357. The quantitative estimate of drug-likeness (QED) is 0.808. The summed E-state index contributed by atoms with van der Waals surface area (Å²) in [6.07, 6.45) is 0. The van der Waals surface area contributed by atoms with E-state index >= 15 is 0 Å². The Balaban J connectivity index is 2.79. The Morgan fingerprint density at radius 1 is 1.28 bits per heavy atom. The molecule has 0 fully saturated rings. The highest BCUT2D eigenvalue weighted by molar-refractivity contribution is 5.75. The molecule has 0 amide bonds. The van der Waals surface area contributed by atoms with Crippen LogP contribution in [0.3, 0.4) is 0 Å². The molecule has 94 valence electrons. The molecule has 0 radical (unpaired) electrons. The summed E-state index contributed by atoms with van der Waals surface area (Å²) < 4.78 is 11.2. The maximum absolute atomic E-state index is 9.28. The van der Waals surface area contributed by atoms with Gasteiger partial charge in [0.15, 0.2) is 0 Å². The molecular weight excluding hydrogens is 228 g/mol.